The first-order chi connectivity index (χ1) is 16.9. The van der Waals surface area contributed by atoms with Crippen LogP contribution in [0.25, 0.3) is 0 Å². The van der Waals surface area contributed by atoms with Gasteiger partial charge < -0.3 is 0 Å². The van der Waals surface area contributed by atoms with Crippen molar-refractivity contribution < 1.29 is 9.59 Å². The van der Waals surface area contributed by atoms with Gasteiger partial charge in [0.1, 0.15) is 5.25 Å². The number of para-hydroxylation sites is 1. The van der Waals surface area contributed by atoms with E-state index < -0.39 is 5.25 Å². The lowest BCUT2D eigenvalue weighted by molar-refractivity contribution is -0.121. The summed E-state index contributed by atoms with van der Waals surface area (Å²) >= 11 is 7.18. The van der Waals surface area contributed by atoms with E-state index >= 15 is 0 Å². The second-order valence-corrected chi connectivity index (χ2v) is 10.2. The molecule has 2 amide bonds. The van der Waals surface area contributed by atoms with Gasteiger partial charge in [-0.25, -0.2) is 9.91 Å². The molecule has 0 radical (unpaired) electrons. The summed E-state index contributed by atoms with van der Waals surface area (Å²) in [6.07, 6.45) is 0.663. The second-order valence-electron chi connectivity index (χ2n) is 8.55. The number of hydrogen-bond donors (Lipinski definition) is 1. The van der Waals surface area contributed by atoms with Crippen LogP contribution in [0.4, 0.5) is 5.69 Å². The minimum absolute atomic E-state index is 0.0504. The summed E-state index contributed by atoms with van der Waals surface area (Å²) in [5, 5.41) is 15.4. The van der Waals surface area contributed by atoms with Gasteiger partial charge in [-0.1, -0.05) is 83.5 Å². The summed E-state index contributed by atoms with van der Waals surface area (Å²) in [6, 6.07) is 24.4. The van der Waals surface area contributed by atoms with Crippen molar-refractivity contribution in [1.82, 2.24) is 5.01 Å². The SMILES string of the molecule is Cc1ccc(C2=NN(C(=N)S[C@@H]3CC(=O)N(c4ccccc4)C3=O)[C@@H](c3ccc(Cl)cc3)C2)cc1. The molecule has 0 aliphatic carbocycles. The van der Waals surface area contributed by atoms with E-state index in [2.05, 4.69) is 0 Å². The molecule has 0 aromatic heterocycles. The van der Waals surface area contributed by atoms with Crippen LogP contribution in [0.15, 0.2) is 84.0 Å². The smallest absolute Gasteiger partial charge is 0.247 e. The highest BCUT2D eigenvalue weighted by Crippen LogP contribution is 2.38. The molecule has 6 nitrogen and oxygen atoms in total. The van der Waals surface area contributed by atoms with Crippen LogP contribution in [0.2, 0.25) is 5.02 Å². The number of carbonyl (C=O) groups is 2. The van der Waals surface area contributed by atoms with Crippen LogP contribution in [0.1, 0.15) is 35.6 Å². The number of benzene rings is 3. The Bertz CT molecular complexity index is 1310. The van der Waals surface area contributed by atoms with Gasteiger partial charge in [0.2, 0.25) is 11.8 Å². The molecule has 0 unspecified atom stereocenters. The largest absolute Gasteiger partial charge is 0.277 e. The zero-order valence-electron chi connectivity index (χ0n) is 19.0. The molecule has 1 fully saturated rings. The van der Waals surface area contributed by atoms with E-state index in [0.29, 0.717) is 17.1 Å². The zero-order chi connectivity index (χ0) is 24.5. The third-order valence-electron chi connectivity index (χ3n) is 6.13. The van der Waals surface area contributed by atoms with Crippen LogP contribution in [-0.2, 0) is 9.59 Å². The number of carbonyl (C=O) groups excluding carboxylic acids is 2. The summed E-state index contributed by atoms with van der Waals surface area (Å²) in [4.78, 5) is 27.0. The summed E-state index contributed by atoms with van der Waals surface area (Å²) in [7, 11) is 0. The Morgan fingerprint density at radius 1 is 0.971 bits per heavy atom. The maximum atomic E-state index is 13.1. The minimum atomic E-state index is -0.667. The molecule has 2 aliphatic heterocycles. The molecule has 176 valence electrons. The molecular formula is C27H23ClN4O2S. The van der Waals surface area contributed by atoms with Gasteiger partial charge in [0.15, 0.2) is 5.17 Å². The summed E-state index contributed by atoms with van der Waals surface area (Å²) in [5.41, 5.74) is 4.56. The van der Waals surface area contributed by atoms with E-state index in [1.807, 2.05) is 61.5 Å². The lowest BCUT2D eigenvalue weighted by Gasteiger charge is -2.24. The van der Waals surface area contributed by atoms with Crippen LogP contribution in [0, 0.1) is 12.3 Å². The van der Waals surface area contributed by atoms with Gasteiger partial charge in [0.05, 0.1) is 17.4 Å². The molecule has 0 spiro atoms. The number of amidine groups is 1. The summed E-state index contributed by atoms with van der Waals surface area (Å²) < 4.78 is 0. The van der Waals surface area contributed by atoms with Crippen LogP contribution in [-0.4, -0.2) is 33.0 Å². The Kier molecular flexibility index (Phi) is 6.45. The fourth-order valence-corrected chi connectivity index (χ4v) is 5.40. The second kappa shape index (κ2) is 9.68. The van der Waals surface area contributed by atoms with Gasteiger partial charge in [-0.05, 0) is 42.3 Å². The van der Waals surface area contributed by atoms with E-state index in [4.69, 9.17) is 22.1 Å². The first-order valence-corrected chi connectivity index (χ1v) is 12.5. The molecule has 3 aromatic rings. The van der Waals surface area contributed by atoms with Crippen LogP contribution < -0.4 is 4.90 Å². The first kappa shape index (κ1) is 23.3. The third kappa shape index (κ3) is 4.74. The number of anilines is 1. The van der Waals surface area contributed by atoms with E-state index in [1.54, 1.807) is 29.3 Å². The number of hydrogen-bond acceptors (Lipinski definition) is 5. The van der Waals surface area contributed by atoms with Crippen molar-refractivity contribution >= 4 is 51.7 Å². The molecule has 1 saturated heterocycles. The lowest BCUT2D eigenvalue weighted by Crippen LogP contribution is -2.32. The average Bonchev–Trinajstić information content (AvgIpc) is 3.42. The molecule has 1 N–H and O–H groups in total. The fraction of sp³-hybridized carbons (Fsp3) is 0.185. The Morgan fingerprint density at radius 3 is 2.34 bits per heavy atom. The lowest BCUT2D eigenvalue weighted by atomic mass is 9.98. The predicted octanol–water partition coefficient (Wildman–Crippen LogP) is 5.80. The monoisotopic (exact) mass is 502 g/mol. The maximum Gasteiger partial charge on any atom is 0.247 e. The van der Waals surface area contributed by atoms with Crippen LogP contribution in [0.5, 0.6) is 0 Å². The van der Waals surface area contributed by atoms with Crippen molar-refractivity contribution in [3.05, 3.63) is 101 Å². The summed E-state index contributed by atoms with van der Waals surface area (Å²) in [6.45, 7) is 2.04. The standard InChI is InChI=1S/C27H23ClN4O2S/c1-17-7-9-18(10-8-17)22-15-23(19-11-13-20(28)14-12-19)32(30-22)27(29)35-24-16-25(33)31(26(24)34)21-5-3-2-4-6-21/h2-14,23-24,29H,15-16H2,1H3/t23-,24-/m1/s1. The maximum absolute atomic E-state index is 13.1. The Hall–Kier alpha value is -3.42. The van der Waals surface area contributed by atoms with E-state index in [0.717, 1.165) is 34.2 Å². The Balaban J connectivity index is 1.40. The third-order valence-corrected chi connectivity index (χ3v) is 7.45. The van der Waals surface area contributed by atoms with Crippen LogP contribution >= 0.6 is 23.4 Å². The number of nitrogens with zero attached hydrogens (tertiary/aromatic N) is 3. The summed E-state index contributed by atoms with van der Waals surface area (Å²) in [5.74, 6) is -0.563. The number of thioether (sulfide) groups is 1. The molecule has 2 aliphatic rings. The molecule has 8 heteroatoms. The number of rotatable bonds is 4. The number of imide groups is 1. The molecule has 35 heavy (non-hydrogen) atoms. The molecule has 3 aromatic carbocycles. The molecule has 0 bridgehead atoms. The van der Waals surface area contributed by atoms with Crippen molar-refractivity contribution in [3.63, 3.8) is 0 Å². The van der Waals surface area contributed by atoms with Gasteiger partial charge >= 0.3 is 0 Å². The first-order valence-electron chi connectivity index (χ1n) is 11.3. The van der Waals surface area contributed by atoms with Crippen molar-refractivity contribution in [2.45, 2.75) is 31.1 Å². The normalized spacial score (nSPS) is 19.9. The minimum Gasteiger partial charge on any atom is -0.277 e. The highest BCUT2D eigenvalue weighted by atomic mass is 35.5. The quantitative estimate of drug-likeness (QED) is 0.278. The van der Waals surface area contributed by atoms with Gasteiger partial charge in [-0.2, -0.15) is 5.10 Å². The Morgan fingerprint density at radius 2 is 1.66 bits per heavy atom. The highest BCUT2D eigenvalue weighted by molar-refractivity contribution is 8.14. The van der Waals surface area contributed by atoms with Gasteiger partial charge in [0.25, 0.3) is 0 Å². The van der Waals surface area contributed by atoms with Gasteiger partial charge in [-0.15, -0.1) is 0 Å². The van der Waals surface area contributed by atoms with E-state index in [9.17, 15) is 9.59 Å². The topological polar surface area (TPSA) is 76.8 Å². The molecule has 2 heterocycles. The number of hydrazone groups is 1. The number of amides is 2. The van der Waals surface area contributed by atoms with Crippen molar-refractivity contribution in [2.75, 3.05) is 4.90 Å². The van der Waals surface area contributed by atoms with E-state index in [-0.39, 0.29) is 29.4 Å². The van der Waals surface area contributed by atoms with Gasteiger partial charge in [0, 0.05) is 17.9 Å². The van der Waals surface area contributed by atoms with Crippen LogP contribution in [0.3, 0.4) is 0 Å². The highest BCUT2D eigenvalue weighted by Gasteiger charge is 2.42. The van der Waals surface area contributed by atoms with Crippen molar-refractivity contribution in [2.24, 2.45) is 5.10 Å². The van der Waals surface area contributed by atoms with Crippen molar-refractivity contribution in [3.8, 4) is 0 Å². The van der Waals surface area contributed by atoms with E-state index in [1.165, 1.54) is 4.90 Å². The number of halogens is 1. The number of nitrogens with one attached hydrogen (secondary N) is 1. The molecule has 5 rings (SSSR count). The fourth-order valence-electron chi connectivity index (χ4n) is 4.30. The molecular weight excluding hydrogens is 480 g/mol. The average molecular weight is 503 g/mol. The van der Waals surface area contributed by atoms with Gasteiger partial charge in [-0.3, -0.25) is 15.0 Å². The zero-order valence-corrected chi connectivity index (χ0v) is 20.6. The Labute approximate surface area is 213 Å². The molecule has 0 saturated carbocycles. The number of aryl methyl sites for hydroxylation is 1. The molecule has 2 atom stereocenters. The van der Waals surface area contributed by atoms with Crippen molar-refractivity contribution in [1.29, 1.82) is 5.41 Å². The predicted molar refractivity (Wildman–Crippen MR) is 141 cm³/mol.